The predicted octanol–water partition coefficient (Wildman–Crippen LogP) is 12.6. The molecule has 0 bridgehead atoms. The van der Waals surface area contributed by atoms with Gasteiger partial charge in [0, 0.05) is 197 Å². The number of sulfonamides is 1. The summed E-state index contributed by atoms with van der Waals surface area (Å²) in [5, 5.41) is 41.1. The first-order valence-electron chi connectivity index (χ1n) is 46.5. The van der Waals surface area contributed by atoms with Crippen LogP contribution in [0.2, 0.25) is 0 Å². The van der Waals surface area contributed by atoms with Crippen LogP contribution in [-0.4, -0.2) is 340 Å². The molecule has 0 spiro atoms. The van der Waals surface area contributed by atoms with Crippen molar-refractivity contribution in [1.29, 1.82) is 0 Å². The number of amides is 9. The molecule has 2 aliphatic rings. The number of carbonyl (C=O) groups excluding carboxylic acids is 7. The first-order valence-corrected chi connectivity index (χ1v) is 48.4. The molecule has 2 aliphatic heterocycles. The fourth-order valence-corrected chi connectivity index (χ4v) is 17.6. The maximum absolute atomic E-state index is 12.8. The number of hydrogen-bond donors (Lipinski definition) is 12. The molecule has 20 aromatic rings. The average molecular weight is 1990 g/mol. The van der Waals surface area contributed by atoms with Crippen molar-refractivity contribution in [2.24, 2.45) is 5.92 Å². The molecule has 4 aromatic carbocycles. The Morgan fingerprint density at radius 2 is 0.626 bits per heavy atom. The van der Waals surface area contributed by atoms with Gasteiger partial charge < -0.3 is 75.1 Å². The summed E-state index contributed by atoms with van der Waals surface area (Å²) in [6.07, 6.45) is 22.7. The average Bonchev–Trinajstić information content (AvgIpc) is 1.63. The summed E-state index contributed by atoms with van der Waals surface area (Å²) in [4.78, 5) is 169. The quantitative estimate of drug-likeness (QED) is 0.0379. The van der Waals surface area contributed by atoms with Crippen LogP contribution in [0.4, 0.5) is 32.3 Å². The molecule has 18 heterocycles. The molecule has 0 aliphatic carbocycles. The Hall–Kier alpha value is -18.6. The third-order valence-corrected chi connectivity index (χ3v) is 25.4. The number of likely N-dealkylation sites (N-methyl/N-ethyl adjacent to an activating group) is 1. The molecule has 0 saturated carbocycles. The molecule has 46 heteroatoms. The van der Waals surface area contributed by atoms with Crippen molar-refractivity contribution in [3.05, 3.63) is 218 Å². The van der Waals surface area contributed by atoms with Gasteiger partial charge in [-0.25, -0.2) is 57.9 Å². The fraction of sp³-hybridized carbons (Fsp3) is 0.218. The van der Waals surface area contributed by atoms with Gasteiger partial charge in [0.05, 0.1) is 120 Å². The van der Waals surface area contributed by atoms with E-state index in [9.17, 15) is 42.0 Å². The number of imidazole rings is 4. The minimum absolute atomic E-state index is 0.00806. The van der Waals surface area contributed by atoms with Gasteiger partial charge in [-0.15, -0.1) is 0 Å². The molecule has 2 saturated heterocycles. The Balaban J connectivity index is 0.000000124. The van der Waals surface area contributed by atoms with E-state index < -0.39 is 10.0 Å². The molecule has 0 unspecified atom stereocenters. The molecular formula is C101H100N36O9S. The number of benzene rings is 4. The summed E-state index contributed by atoms with van der Waals surface area (Å²) < 4.78 is 25.6. The van der Waals surface area contributed by atoms with Gasteiger partial charge >= 0.3 is 12.1 Å². The van der Waals surface area contributed by atoms with Crippen molar-refractivity contribution in [2.75, 3.05) is 151 Å². The highest BCUT2D eigenvalue weighted by atomic mass is 32.2. The van der Waals surface area contributed by atoms with Crippen LogP contribution in [0.1, 0.15) is 54.3 Å². The molecule has 0 radical (unpaired) electrons. The zero-order valence-electron chi connectivity index (χ0n) is 82.0. The van der Waals surface area contributed by atoms with Crippen LogP contribution in [0.3, 0.4) is 0 Å². The van der Waals surface area contributed by atoms with Gasteiger partial charge in [0.1, 0.15) is 44.8 Å². The highest BCUT2D eigenvalue weighted by Gasteiger charge is 2.29. The molecule has 22 rings (SSSR count). The normalized spacial score (nSPS) is 13.0. The van der Waals surface area contributed by atoms with Crippen LogP contribution in [0.5, 0.6) is 0 Å². The highest BCUT2D eigenvalue weighted by molar-refractivity contribution is 7.92. The lowest BCUT2D eigenvalue weighted by molar-refractivity contribution is -0.121. The molecule has 2 fully saturated rings. The van der Waals surface area contributed by atoms with Gasteiger partial charge in [-0.3, -0.25) is 69.0 Å². The maximum Gasteiger partial charge on any atom is 0.321 e. The number of likely N-dealkylation sites (tertiary alicyclic amines) is 1. The fourth-order valence-electron chi connectivity index (χ4n) is 17.0. The zero-order chi connectivity index (χ0) is 103. The van der Waals surface area contributed by atoms with Crippen molar-refractivity contribution in [3.63, 3.8) is 0 Å². The minimum Gasteiger partial charge on any atom is -0.345 e. The van der Waals surface area contributed by atoms with Gasteiger partial charge in [0.25, 0.3) is 23.6 Å². The van der Waals surface area contributed by atoms with Crippen LogP contribution in [0, 0.1) is 5.92 Å². The SMILES string of the molecule is CN(C)C(=O)Nc1cncc(-c2cnc3n[nH]c(-c4nc5c(C(=O)N(C)C)cccc5[nH]4)c3c2)c1.CN(C)C(=O)c1cccc2[nH]c(-c3[nH]nc4ncc(-c5cncc(NS(C)(=O)=O)c5)cc34)nc12.CN1CCC(C(=O)Nc2cncc(-c3cnc4n[nH]c(-c5nc6c(C(=O)N(C)C)cccc6[nH]5)c4c3)c2)CC1.CN1CCN(C(=O)Nc2cncc(-c3cnc4n[nH]c(-c5nc6c(C(=O)N(C)C)cccc6[nH]5)c4c3)c2)CC1. The number of para-hydroxylation sites is 4. The number of hydrogen-bond acceptors (Lipinski definition) is 27. The van der Waals surface area contributed by atoms with E-state index in [1.807, 2.05) is 89.8 Å². The van der Waals surface area contributed by atoms with Crippen molar-refractivity contribution < 1.29 is 42.0 Å². The number of nitrogens with zero attached hydrogens (tertiary/aromatic N) is 24. The largest absolute Gasteiger partial charge is 0.345 e. The minimum atomic E-state index is -3.43. The number of piperazine rings is 1. The molecule has 9 amide bonds. The smallest absolute Gasteiger partial charge is 0.321 e. The lowest BCUT2D eigenvalue weighted by Gasteiger charge is -2.32. The third-order valence-electron chi connectivity index (χ3n) is 24.8. The second-order valence-corrected chi connectivity index (χ2v) is 38.3. The summed E-state index contributed by atoms with van der Waals surface area (Å²) >= 11 is 0. The number of rotatable bonds is 18. The number of nitrogens with one attached hydrogen (secondary N) is 12. The maximum atomic E-state index is 12.8. The number of aromatic nitrogens is 24. The lowest BCUT2D eigenvalue weighted by atomic mass is 9.96. The van der Waals surface area contributed by atoms with E-state index >= 15 is 0 Å². The topological polar surface area (TPSA) is 560 Å². The Morgan fingerprint density at radius 3 is 0.932 bits per heavy atom. The molecule has 0 atom stereocenters. The molecule has 12 N–H and O–H groups in total. The number of piperidine rings is 1. The number of aromatic amines is 8. The summed E-state index contributed by atoms with van der Waals surface area (Å²) in [7, 11) is 17.7. The van der Waals surface area contributed by atoms with Crippen molar-refractivity contribution in [3.8, 4) is 90.6 Å². The van der Waals surface area contributed by atoms with Gasteiger partial charge in [-0.1, -0.05) is 24.3 Å². The predicted molar refractivity (Wildman–Crippen MR) is 559 cm³/mol. The van der Waals surface area contributed by atoms with Crippen molar-refractivity contribution in [2.45, 2.75) is 12.8 Å². The van der Waals surface area contributed by atoms with Gasteiger partial charge in [-0.05, 0) is 137 Å². The number of H-pyrrole nitrogens is 8. The standard InChI is InChI=1S/C28H29N9O2.C27H28N10O2.C24H23N9O2.C22H20N8O3S/c1-36(2)28(39)20-5-4-6-22-23(20)33-26(32-22)24-21-12-18(14-30-25(21)35-34-24)17-11-19(15-29-13-17)31-27(38)16-7-9-37(3)10-8-16;1-35(2)26(38)19-5-4-6-21-22(19)32-25(31-21)23-20-12-17(14-29-24(20)34-33-23)16-11-18(15-28-13-16)30-27(39)37-9-7-36(3)8-10-37;1-32(2)23(34)16-6-5-7-18-19(16)29-22(28-18)20-17-9-14(11-26-21(17)31-30-20)13-8-15(12-25-10-13)27-24(35)33(3)4;1-30(2)22(31)15-5-4-6-17-18(15)26-21(25-17)19-16-8-13(10-24-20(16)28-27-19)12-7-14(11-23-9-12)29-34(3,32)33/h4-6,11-16H,7-10H2,1-3H3,(H,31,38)(H,32,33)(H,30,34,35);4-6,11-15H,7-10H2,1-3H3,(H,30,39)(H,31,32)(H,29,33,34);5-12H,1-4H3,(H,27,35)(H,28,29)(H,26,30,31);4-11,29H,1-3H3,(H,25,26)(H,24,27,28). The van der Waals surface area contributed by atoms with Crippen LogP contribution in [0.15, 0.2) is 196 Å². The summed E-state index contributed by atoms with van der Waals surface area (Å²) in [5.41, 5.74) is 20.4. The summed E-state index contributed by atoms with van der Waals surface area (Å²) in [5.74, 6) is 1.71. The monoisotopic (exact) mass is 1990 g/mol. The van der Waals surface area contributed by atoms with Crippen LogP contribution in [-0.2, 0) is 14.8 Å². The Labute approximate surface area is 837 Å². The molecule has 147 heavy (non-hydrogen) atoms. The summed E-state index contributed by atoms with van der Waals surface area (Å²) in [6, 6.07) is 36.5. The lowest BCUT2D eigenvalue weighted by Crippen LogP contribution is -2.48. The number of fused-ring (bicyclic) bond motifs is 8. The summed E-state index contributed by atoms with van der Waals surface area (Å²) in [6.45, 7) is 4.92. The van der Waals surface area contributed by atoms with Crippen LogP contribution in [0.25, 0.3) is 179 Å². The van der Waals surface area contributed by atoms with Gasteiger partial charge in [-0.2, -0.15) is 20.4 Å². The molecule has 16 aromatic heterocycles. The van der Waals surface area contributed by atoms with E-state index in [2.05, 4.69) is 150 Å². The van der Waals surface area contributed by atoms with Crippen LogP contribution < -0.4 is 20.7 Å². The zero-order valence-corrected chi connectivity index (χ0v) is 82.8. The highest BCUT2D eigenvalue weighted by Crippen LogP contribution is 2.38. The molecule has 45 nitrogen and oxygen atoms in total. The number of urea groups is 2. The van der Waals surface area contributed by atoms with E-state index in [0.717, 1.165) is 122 Å². The van der Waals surface area contributed by atoms with E-state index in [1.165, 1.54) is 30.7 Å². The van der Waals surface area contributed by atoms with Gasteiger partial charge in [0.2, 0.25) is 15.9 Å². The first kappa shape index (κ1) is 97.2. The van der Waals surface area contributed by atoms with Crippen molar-refractivity contribution in [1.82, 2.24) is 160 Å². The number of pyridine rings is 8. The van der Waals surface area contributed by atoms with E-state index in [1.54, 1.807) is 175 Å². The second kappa shape index (κ2) is 40.8. The van der Waals surface area contributed by atoms with Crippen LogP contribution >= 0.6 is 0 Å². The Kier molecular flexibility index (Phi) is 27.0. The second-order valence-electron chi connectivity index (χ2n) is 36.6. The van der Waals surface area contributed by atoms with Crippen molar-refractivity contribution >= 4 is 163 Å². The number of anilines is 4. The molecular weight excluding hydrogens is 1890 g/mol. The Bertz CT molecular complexity index is 8380. The number of carbonyl (C=O) groups is 7. The Morgan fingerprint density at radius 1 is 0.340 bits per heavy atom. The molecule has 744 valence electrons. The van der Waals surface area contributed by atoms with Gasteiger partial charge in [0.15, 0.2) is 45.9 Å². The third kappa shape index (κ3) is 20.8. The van der Waals surface area contributed by atoms with E-state index in [4.69, 9.17) is 15.0 Å². The van der Waals surface area contributed by atoms with E-state index in [-0.39, 0.29) is 47.5 Å². The first-order chi connectivity index (χ1) is 70.7. The van der Waals surface area contributed by atoms with E-state index in [0.29, 0.717) is 160 Å².